The van der Waals surface area contributed by atoms with E-state index in [1.807, 2.05) is 6.08 Å². The van der Waals surface area contributed by atoms with E-state index in [-0.39, 0.29) is 18.9 Å². The molecule has 466 valence electrons. The van der Waals surface area contributed by atoms with Gasteiger partial charge in [-0.1, -0.05) is 219 Å². The SMILES string of the molecule is CCCCCCCCCCCCC/C=C/[C@H](O)[C@@H](COC1OC(CO)C(OC2OC(CO)C(OC3OC(CO)C(O)C(O)C3O)C(O)C2O)C(O)C1O)NC(=O)CCCCCCCCCCCCCCCCCCCCCCC. The molecule has 1 amide bonds. The van der Waals surface area contributed by atoms with Gasteiger partial charge in [0.15, 0.2) is 18.9 Å². The molecule has 0 aromatic carbocycles. The number of aliphatic hydroxyl groups is 11. The Bertz CT molecular complexity index is 1500. The van der Waals surface area contributed by atoms with E-state index in [0.29, 0.717) is 6.42 Å². The summed E-state index contributed by atoms with van der Waals surface area (Å²) in [5.74, 6) is -0.272. The van der Waals surface area contributed by atoms with Gasteiger partial charge in [-0.05, 0) is 19.3 Å². The van der Waals surface area contributed by atoms with Crippen molar-refractivity contribution in [2.45, 2.75) is 336 Å². The van der Waals surface area contributed by atoms with Crippen LogP contribution in [0.3, 0.4) is 0 Å². The highest BCUT2D eigenvalue weighted by atomic mass is 16.8. The Labute approximate surface area is 474 Å². The smallest absolute Gasteiger partial charge is 0.220 e. The summed E-state index contributed by atoms with van der Waals surface area (Å²) >= 11 is 0. The Morgan fingerprint density at radius 1 is 0.443 bits per heavy atom. The van der Waals surface area contributed by atoms with Gasteiger partial charge < -0.3 is 89.9 Å². The Hall–Kier alpha value is -1.47. The van der Waals surface area contributed by atoms with Crippen molar-refractivity contribution in [2.24, 2.45) is 0 Å². The lowest BCUT2D eigenvalue weighted by atomic mass is 9.96. The molecule has 3 fully saturated rings. The minimum Gasteiger partial charge on any atom is -0.394 e. The largest absolute Gasteiger partial charge is 0.394 e. The zero-order valence-electron chi connectivity index (χ0n) is 48.6. The van der Waals surface area contributed by atoms with Crippen LogP contribution in [-0.2, 0) is 33.2 Å². The molecule has 15 unspecified atom stereocenters. The number of aliphatic hydroxyl groups excluding tert-OH is 11. The summed E-state index contributed by atoms with van der Waals surface area (Å²) < 4.78 is 34.3. The van der Waals surface area contributed by atoms with Crippen LogP contribution < -0.4 is 5.32 Å². The number of nitrogens with one attached hydrogen (secondary N) is 1. The van der Waals surface area contributed by atoms with E-state index in [9.17, 15) is 61.0 Å². The summed E-state index contributed by atoms with van der Waals surface area (Å²) in [6.45, 7) is 1.74. The third-order valence-corrected chi connectivity index (χ3v) is 16.1. The molecule has 0 bridgehead atoms. The highest BCUT2D eigenvalue weighted by Gasteiger charge is 2.53. The number of ether oxygens (including phenoxy) is 6. The first-order chi connectivity index (χ1) is 38.3. The van der Waals surface area contributed by atoms with Crippen LogP contribution in [0.2, 0.25) is 0 Å². The minimum atomic E-state index is -1.97. The summed E-state index contributed by atoms with van der Waals surface area (Å²) in [5, 5.41) is 120. The minimum absolute atomic E-state index is 0.249. The maximum absolute atomic E-state index is 13.3. The monoisotopic (exact) mass is 1140 g/mol. The molecule has 3 aliphatic heterocycles. The lowest BCUT2D eigenvalue weighted by Crippen LogP contribution is -2.66. The molecule has 0 aliphatic carbocycles. The van der Waals surface area contributed by atoms with Gasteiger partial charge in [-0.2, -0.15) is 0 Å². The molecule has 3 aliphatic rings. The van der Waals surface area contributed by atoms with Gasteiger partial charge in [-0.25, -0.2) is 0 Å². The zero-order chi connectivity index (χ0) is 57.6. The lowest BCUT2D eigenvalue weighted by Gasteiger charge is -2.48. The van der Waals surface area contributed by atoms with E-state index in [1.165, 1.54) is 161 Å². The molecule has 0 aromatic heterocycles. The summed E-state index contributed by atoms with van der Waals surface area (Å²) in [4.78, 5) is 13.3. The van der Waals surface area contributed by atoms with Gasteiger partial charge in [-0.15, -0.1) is 0 Å². The van der Waals surface area contributed by atoms with E-state index in [4.69, 9.17) is 28.4 Å². The van der Waals surface area contributed by atoms with Crippen molar-refractivity contribution in [1.29, 1.82) is 0 Å². The number of unbranched alkanes of at least 4 members (excludes halogenated alkanes) is 31. The molecule has 17 atom stereocenters. The van der Waals surface area contributed by atoms with Gasteiger partial charge in [0.05, 0.1) is 38.6 Å². The number of allylic oxidation sites excluding steroid dienone is 1. The number of amides is 1. The third kappa shape index (κ3) is 27.9. The molecule has 79 heavy (non-hydrogen) atoms. The van der Waals surface area contributed by atoms with Crippen LogP contribution in [0.15, 0.2) is 12.2 Å². The molecule has 3 heterocycles. The fraction of sp³-hybridized carbons (Fsp3) is 0.950. The average Bonchev–Trinajstić information content (AvgIpc) is 3.56. The van der Waals surface area contributed by atoms with Gasteiger partial charge in [0.25, 0.3) is 0 Å². The lowest BCUT2D eigenvalue weighted by molar-refractivity contribution is -0.379. The van der Waals surface area contributed by atoms with E-state index in [1.54, 1.807) is 6.08 Å². The first kappa shape index (κ1) is 71.8. The van der Waals surface area contributed by atoms with Gasteiger partial charge in [-0.3, -0.25) is 4.79 Å². The van der Waals surface area contributed by atoms with Crippen LogP contribution in [0.5, 0.6) is 0 Å². The highest BCUT2D eigenvalue weighted by Crippen LogP contribution is 2.33. The topological polar surface area (TPSA) is 307 Å². The number of hydrogen-bond acceptors (Lipinski definition) is 18. The molecule has 0 radical (unpaired) electrons. The van der Waals surface area contributed by atoms with Crippen LogP contribution in [0.25, 0.3) is 0 Å². The first-order valence-electron chi connectivity index (χ1n) is 31.4. The average molecular weight is 1140 g/mol. The van der Waals surface area contributed by atoms with E-state index >= 15 is 0 Å². The van der Waals surface area contributed by atoms with Crippen molar-refractivity contribution in [3.63, 3.8) is 0 Å². The van der Waals surface area contributed by atoms with Gasteiger partial charge in [0.1, 0.15) is 73.2 Å². The molecule has 12 N–H and O–H groups in total. The molecule has 19 heteroatoms. The fourth-order valence-electron chi connectivity index (χ4n) is 10.9. The maximum atomic E-state index is 13.3. The molecule has 0 saturated carbocycles. The van der Waals surface area contributed by atoms with Crippen molar-refractivity contribution < 1.29 is 89.4 Å². The van der Waals surface area contributed by atoms with Crippen LogP contribution in [0.1, 0.15) is 232 Å². The number of rotatable bonds is 47. The van der Waals surface area contributed by atoms with E-state index in [2.05, 4.69) is 19.2 Å². The molecule has 0 spiro atoms. The summed E-state index contributed by atoms with van der Waals surface area (Å²) in [7, 11) is 0. The van der Waals surface area contributed by atoms with Crippen molar-refractivity contribution >= 4 is 5.91 Å². The predicted molar refractivity (Wildman–Crippen MR) is 300 cm³/mol. The molecule has 3 saturated heterocycles. The first-order valence-corrected chi connectivity index (χ1v) is 31.4. The normalized spacial score (nSPS) is 30.3. The molecule has 3 rings (SSSR count). The Morgan fingerprint density at radius 3 is 1.19 bits per heavy atom. The second-order valence-electron chi connectivity index (χ2n) is 22.9. The van der Waals surface area contributed by atoms with Crippen molar-refractivity contribution in [2.75, 3.05) is 26.4 Å². The fourth-order valence-corrected chi connectivity index (χ4v) is 10.9. The van der Waals surface area contributed by atoms with Crippen molar-refractivity contribution in [1.82, 2.24) is 5.32 Å². The van der Waals surface area contributed by atoms with Gasteiger partial charge >= 0.3 is 0 Å². The van der Waals surface area contributed by atoms with Crippen molar-refractivity contribution in [3.8, 4) is 0 Å². The second kappa shape index (κ2) is 44.1. The van der Waals surface area contributed by atoms with Crippen LogP contribution in [0.4, 0.5) is 0 Å². The third-order valence-electron chi connectivity index (χ3n) is 16.1. The van der Waals surface area contributed by atoms with Gasteiger partial charge in [0, 0.05) is 6.42 Å². The molecular weight excluding hydrogens is 1020 g/mol. The van der Waals surface area contributed by atoms with Crippen molar-refractivity contribution in [3.05, 3.63) is 12.2 Å². The molecular formula is C60H113NO18. The predicted octanol–water partition coefficient (Wildman–Crippen LogP) is 6.16. The Morgan fingerprint density at radius 2 is 0.785 bits per heavy atom. The Kier molecular flexibility index (Phi) is 40.1. The Balaban J connectivity index is 1.47. The highest BCUT2D eigenvalue weighted by molar-refractivity contribution is 5.76. The summed E-state index contributed by atoms with van der Waals surface area (Å²) in [6, 6.07) is -0.966. The number of carbonyl (C=O) groups excluding carboxylic acids is 1. The van der Waals surface area contributed by atoms with Crippen LogP contribution in [0, 0.1) is 0 Å². The van der Waals surface area contributed by atoms with Gasteiger partial charge in [0.2, 0.25) is 5.91 Å². The standard InChI is InChI=1S/C60H113NO18/c1-3-5-7-9-11-13-15-17-18-19-20-21-22-23-24-26-28-30-32-34-36-38-48(66)61-43(44(65)37-35-33-31-29-27-25-16-14-12-10-8-6-4-2)42-74-58-54(72)51(69)56(46(40-63)76-58)79-60-55(73)52(70)57(47(41-64)77-60)78-59-53(71)50(68)49(67)45(39-62)75-59/h35,37,43-47,49-60,62-65,67-73H,3-34,36,38-42H2,1-2H3,(H,61,66)/b37-35+/t43-,44+,45?,46?,47?,49?,50?,51?,52?,53?,54?,55?,56?,57?,58?,59?,60?/m1/s1. The maximum Gasteiger partial charge on any atom is 0.220 e. The molecule has 0 aromatic rings. The molecule has 19 nitrogen and oxygen atoms in total. The van der Waals surface area contributed by atoms with Crippen LogP contribution >= 0.6 is 0 Å². The summed E-state index contributed by atoms with van der Waals surface area (Å²) in [6.07, 6.45) is 17.7. The van der Waals surface area contributed by atoms with Crippen LogP contribution in [-0.4, -0.2) is 193 Å². The quantitative estimate of drug-likeness (QED) is 0.0240. The van der Waals surface area contributed by atoms with E-state index in [0.717, 1.165) is 44.9 Å². The number of carbonyl (C=O) groups is 1. The van der Waals surface area contributed by atoms with E-state index < -0.39 is 124 Å². The summed E-state index contributed by atoms with van der Waals surface area (Å²) in [5.41, 5.74) is 0. The number of hydrogen-bond donors (Lipinski definition) is 12. The zero-order valence-corrected chi connectivity index (χ0v) is 48.6. The second-order valence-corrected chi connectivity index (χ2v) is 22.9.